The molecule has 0 bridgehead atoms. The summed E-state index contributed by atoms with van der Waals surface area (Å²) in [7, 11) is 0. The highest BCUT2D eigenvalue weighted by Gasteiger charge is 2.03. The van der Waals surface area contributed by atoms with Gasteiger partial charge >= 0.3 is 0 Å². The largest absolute Gasteiger partial charge is 0.489 e. The third-order valence-electron chi connectivity index (χ3n) is 3.82. The van der Waals surface area contributed by atoms with Gasteiger partial charge in [0.2, 0.25) is 5.91 Å². The quantitative estimate of drug-likeness (QED) is 0.613. The third-order valence-corrected chi connectivity index (χ3v) is 3.82. The van der Waals surface area contributed by atoms with Gasteiger partial charge in [-0.2, -0.15) is 0 Å². The molecule has 2 aromatic carbocycles. The maximum atomic E-state index is 11.8. The van der Waals surface area contributed by atoms with Crippen molar-refractivity contribution in [2.24, 2.45) is 0 Å². The van der Waals surface area contributed by atoms with Gasteiger partial charge in [-0.1, -0.05) is 30.3 Å². The Morgan fingerprint density at radius 1 is 0.962 bits per heavy atom. The van der Waals surface area contributed by atoms with Gasteiger partial charge in [0.15, 0.2) is 0 Å². The van der Waals surface area contributed by atoms with E-state index in [9.17, 15) is 4.79 Å². The zero-order chi connectivity index (χ0) is 18.0. The first-order chi connectivity index (χ1) is 12.8. The van der Waals surface area contributed by atoms with Crippen LogP contribution in [0, 0.1) is 0 Å². The van der Waals surface area contributed by atoms with E-state index in [1.807, 2.05) is 60.7 Å². The topological polar surface area (TPSA) is 63.5 Å². The Balaban J connectivity index is 1.35. The number of nitrogens with one attached hydrogen (secondary N) is 2. The van der Waals surface area contributed by atoms with E-state index in [1.54, 1.807) is 12.3 Å². The van der Waals surface area contributed by atoms with Gasteiger partial charge in [-0.15, -0.1) is 0 Å². The van der Waals surface area contributed by atoms with E-state index in [4.69, 9.17) is 9.15 Å². The summed E-state index contributed by atoms with van der Waals surface area (Å²) in [5.41, 5.74) is 2.09. The Bertz CT molecular complexity index is 784. The minimum atomic E-state index is -0.0169. The zero-order valence-corrected chi connectivity index (χ0v) is 14.5. The van der Waals surface area contributed by atoms with Crippen LogP contribution in [0.4, 0.5) is 5.69 Å². The Labute approximate surface area is 153 Å². The maximum Gasteiger partial charge on any atom is 0.222 e. The second-order valence-corrected chi connectivity index (χ2v) is 5.83. The van der Waals surface area contributed by atoms with Crippen molar-refractivity contribution in [3.05, 3.63) is 84.3 Å². The van der Waals surface area contributed by atoms with Crippen molar-refractivity contribution in [2.75, 3.05) is 11.9 Å². The molecule has 0 aliphatic heterocycles. The lowest BCUT2D eigenvalue weighted by Gasteiger charge is -2.09. The van der Waals surface area contributed by atoms with Crippen molar-refractivity contribution >= 4 is 11.6 Å². The second kappa shape index (κ2) is 9.32. The fraction of sp³-hybridized carbons (Fsp3) is 0.190. The highest BCUT2D eigenvalue weighted by atomic mass is 16.5. The summed E-state index contributed by atoms with van der Waals surface area (Å²) in [5, 5.41) is 6.05. The number of benzene rings is 2. The van der Waals surface area contributed by atoms with Crippen molar-refractivity contribution < 1.29 is 13.9 Å². The number of hydrogen-bond donors (Lipinski definition) is 2. The maximum absolute atomic E-state index is 11.8. The molecule has 3 aromatic rings. The summed E-state index contributed by atoms with van der Waals surface area (Å²) in [6.07, 6.45) is 1.99. The van der Waals surface area contributed by atoms with E-state index in [1.165, 1.54) is 0 Å². The number of furan rings is 1. The molecule has 0 fully saturated rings. The molecule has 3 rings (SSSR count). The van der Waals surface area contributed by atoms with Gasteiger partial charge in [0, 0.05) is 18.7 Å². The molecule has 134 valence electrons. The van der Waals surface area contributed by atoms with Crippen LogP contribution >= 0.6 is 0 Å². The van der Waals surface area contributed by atoms with E-state index in [0.29, 0.717) is 26.1 Å². The molecule has 0 aliphatic rings. The number of ether oxygens (including phenoxy) is 1. The first-order valence-corrected chi connectivity index (χ1v) is 8.59. The molecule has 2 N–H and O–H groups in total. The number of rotatable bonds is 9. The van der Waals surface area contributed by atoms with Gasteiger partial charge in [0.25, 0.3) is 0 Å². The van der Waals surface area contributed by atoms with Crippen LogP contribution in [0.3, 0.4) is 0 Å². The van der Waals surface area contributed by atoms with E-state index in [2.05, 4.69) is 10.6 Å². The van der Waals surface area contributed by atoms with Crippen LogP contribution < -0.4 is 15.4 Å². The molecule has 5 nitrogen and oxygen atoms in total. The second-order valence-electron chi connectivity index (χ2n) is 5.83. The van der Waals surface area contributed by atoms with Crippen molar-refractivity contribution in [1.82, 2.24) is 5.32 Å². The molecule has 0 atom stereocenters. The van der Waals surface area contributed by atoms with Crippen LogP contribution in [-0.2, 0) is 17.9 Å². The third kappa shape index (κ3) is 5.70. The van der Waals surface area contributed by atoms with Gasteiger partial charge in [-0.05, 0) is 42.0 Å². The molecular formula is C21H22N2O3. The van der Waals surface area contributed by atoms with Crippen molar-refractivity contribution in [1.29, 1.82) is 0 Å². The van der Waals surface area contributed by atoms with Crippen molar-refractivity contribution in [2.45, 2.75) is 19.6 Å². The van der Waals surface area contributed by atoms with E-state index in [-0.39, 0.29) is 5.91 Å². The SMILES string of the molecule is O=C(CCNc1ccc(OCc2ccccc2)cc1)NCc1ccco1. The van der Waals surface area contributed by atoms with Crippen LogP contribution in [0.5, 0.6) is 5.75 Å². The Morgan fingerprint density at radius 2 is 1.77 bits per heavy atom. The van der Waals surface area contributed by atoms with Crippen LogP contribution in [0.1, 0.15) is 17.7 Å². The fourth-order valence-corrected chi connectivity index (χ4v) is 2.42. The standard InChI is InChI=1S/C21H22N2O3/c24-21(23-15-20-7-4-14-25-20)12-13-22-18-8-10-19(11-9-18)26-16-17-5-2-1-3-6-17/h1-11,14,22H,12-13,15-16H2,(H,23,24). The Kier molecular flexibility index (Phi) is 6.31. The number of carbonyl (C=O) groups excluding carboxylic acids is 1. The van der Waals surface area contributed by atoms with Crippen LogP contribution in [0.2, 0.25) is 0 Å². The molecule has 0 saturated heterocycles. The summed E-state index contributed by atoms with van der Waals surface area (Å²) in [5.74, 6) is 1.55. The molecule has 0 unspecified atom stereocenters. The predicted molar refractivity (Wildman–Crippen MR) is 101 cm³/mol. The smallest absolute Gasteiger partial charge is 0.222 e. The van der Waals surface area contributed by atoms with Crippen LogP contribution in [0.25, 0.3) is 0 Å². The monoisotopic (exact) mass is 350 g/mol. The lowest BCUT2D eigenvalue weighted by atomic mass is 10.2. The minimum Gasteiger partial charge on any atom is -0.489 e. The predicted octanol–water partition coefficient (Wildman–Crippen LogP) is 3.98. The normalized spacial score (nSPS) is 10.3. The summed E-state index contributed by atoms with van der Waals surface area (Å²) in [6.45, 7) is 1.52. The fourth-order valence-electron chi connectivity index (χ4n) is 2.42. The lowest BCUT2D eigenvalue weighted by molar-refractivity contribution is -0.121. The highest BCUT2D eigenvalue weighted by Crippen LogP contribution is 2.17. The van der Waals surface area contributed by atoms with E-state index >= 15 is 0 Å². The number of anilines is 1. The summed E-state index contributed by atoms with van der Waals surface area (Å²) in [4.78, 5) is 11.8. The molecular weight excluding hydrogens is 328 g/mol. The molecule has 0 radical (unpaired) electrons. The summed E-state index contributed by atoms with van der Waals surface area (Å²) < 4.78 is 10.9. The van der Waals surface area contributed by atoms with Crippen LogP contribution in [0.15, 0.2) is 77.4 Å². The molecule has 0 saturated carbocycles. The number of hydrogen-bond acceptors (Lipinski definition) is 4. The molecule has 0 aliphatic carbocycles. The van der Waals surface area contributed by atoms with Gasteiger partial charge in [0.05, 0.1) is 12.8 Å². The minimum absolute atomic E-state index is 0.0169. The van der Waals surface area contributed by atoms with Gasteiger partial charge < -0.3 is 19.8 Å². The number of carbonyl (C=O) groups is 1. The highest BCUT2D eigenvalue weighted by molar-refractivity contribution is 5.76. The Morgan fingerprint density at radius 3 is 2.50 bits per heavy atom. The average molecular weight is 350 g/mol. The summed E-state index contributed by atoms with van der Waals surface area (Å²) >= 11 is 0. The average Bonchev–Trinajstić information content (AvgIpc) is 3.20. The molecule has 5 heteroatoms. The van der Waals surface area contributed by atoms with Gasteiger partial charge in [0.1, 0.15) is 18.1 Å². The van der Waals surface area contributed by atoms with Crippen molar-refractivity contribution in [3.63, 3.8) is 0 Å². The van der Waals surface area contributed by atoms with Gasteiger partial charge in [-0.25, -0.2) is 0 Å². The molecule has 1 amide bonds. The lowest BCUT2D eigenvalue weighted by Crippen LogP contribution is -2.24. The zero-order valence-electron chi connectivity index (χ0n) is 14.5. The van der Waals surface area contributed by atoms with Crippen molar-refractivity contribution in [3.8, 4) is 5.75 Å². The van der Waals surface area contributed by atoms with Crippen LogP contribution in [-0.4, -0.2) is 12.5 Å². The van der Waals surface area contributed by atoms with Gasteiger partial charge in [-0.3, -0.25) is 4.79 Å². The number of amides is 1. The van der Waals surface area contributed by atoms with E-state index in [0.717, 1.165) is 22.8 Å². The summed E-state index contributed by atoms with van der Waals surface area (Å²) in [6, 6.07) is 21.4. The molecule has 26 heavy (non-hydrogen) atoms. The molecule has 1 heterocycles. The molecule has 1 aromatic heterocycles. The first-order valence-electron chi connectivity index (χ1n) is 8.59. The van der Waals surface area contributed by atoms with E-state index < -0.39 is 0 Å². The molecule has 0 spiro atoms. The Hall–Kier alpha value is -3.21. The first kappa shape index (κ1) is 17.6.